The van der Waals surface area contributed by atoms with E-state index in [4.69, 9.17) is 0 Å². The van der Waals surface area contributed by atoms with Crippen LogP contribution in [0.3, 0.4) is 0 Å². The fraction of sp³-hybridized carbons (Fsp3) is 0.800. The second-order valence-corrected chi connectivity index (χ2v) is 3.76. The van der Waals surface area contributed by atoms with Crippen LogP contribution < -0.4 is 16.0 Å². The van der Waals surface area contributed by atoms with Crippen molar-refractivity contribution in [3.8, 4) is 0 Å². The quantitative estimate of drug-likeness (QED) is 0.558. The van der Waals surface area contributed by atoms with E-state index < -0.39 is 6.04 Å². The molecule has 0 spiro atoms. The van der Waals surface area contributed by atoms with E-state index in [0.29, 0.717) is 13.0 Å². The molecule has 5 nitrogen and oxygen atoms in total. The van der Waals surface area contributed by atoms with E-state index in [-0.39, 0.29) is 17.7 Å². The summed E-state index contributed by atoms with van der Waals surface area (Å²) in [5.74, 6) is -0.169. The molecule has 1 unspecified atom stereocenters. The van der Waals surface area contributed by atoms with Gasteiger partial charge in [-0.15, -0.1) is 0 Å². The number of carbonyl (C=O) groups is 2. The topological polar surface area (TPSA) is 70.2 Å². The molecule has 2 amide bonds. The maximum atomic E-state index is 11.4. The molecule has 15 heavy (non-hydrogen) atoms. The lowest BCUT2D eigenvalue weighted by molar-refractivity contribution is -0.129. The van der Waals surface area contributed by atoms with E-state index in [2.05, 4.69) is 16.0 Å². The van der Waals surface area contributed by atoms with Crippen LogP contribution in [0.5, 0.6) is 0 Å². The second-order valence-electron chi connectivity index (χ2n) is 3.76. The Hall–Kier alpha value is -1.10. The first-order valence-corrected chi connectivity index (χ1v) is 5.18. The van der Waals surface area contributed by atoms with E-state index in [1.54, 1.807) is 14.1 Å². The van der Waals surface area contributed by atoms with Crippen LogP contribution in [-0.2, 0) is 9.59 Å². The molecule has 0 rings (SSSR count). The molecule has 0 aromatic heterocycles. The third-order valence-corrected chi connectivity index (χ3v) is 2.11. The van der Waals surface area contributed by atoms with Crippen molar-refractivity contribution in [1.29, 1.82) is 0 Å². The molecule has 0 saturated carbocycles. The lowest BCUT2D eigenvalue weighted by Crippen LogP contribution is -2.49. The van der Waals surface area contributed by atoms with Gasteiger partial charge in [0.25, 0.3) is 0 Å². The van der Waals surface area contributed by atoms with Gasteiger partial charge >= 0.3 is 0 Å². The standard InChI is InChI=1S/C10H21N3O2/c1-7(2)9(10(15)12-4)13-8(14)5-6-11-3/h7,9,11H,5-6H2,1-4H3,(H,12,15)(H,13,14). The van der Waals surface area contributed by atoms with Gasteiger partial charge in [-0.1, -0.05) is 13.8 Å². The summed E-state index contributed by atoms with van der Waals surface area (Å²) in [6.07, 6.45) is 0.386. The Bertz CT molecular complexity index is 217. The molecule has 0 saturated heterocycles. The second kappa shape index (κ2) is 7.23. The highest BCUT2D eigenvalue weighted by Crippen LogP contribution is 2.01. The molecular formula is C10H21N3O2. The summed E-state index contributed by atoms with van der Waals surface area (Å²) in [6, 6.07) is -0.445. The van der Waals surface area contributed by atoms with Gasteiger partial charge in [-0.25, -0.2) is 0 Å². The molecule has 0 bridgehead atoms. The highest BCUT2D eigenvalue weighted by atomic mass is 16.2. The Kier molecular flexibility index (Phi) is 6.70. The van der Waals surface area contributed by atoms with Gasteiger partial charge in [0, 0.05) is 20.0 Å². The van der Waals surface area contributed by atoms with Crippen LogP contribution in [0.2, 0.25) is 0 Å². The Morgan fingerprint density at radius 1 is 1.20 bits per heavy atom. The monoisotopic (exact) mass is 215 g/mol. The van der Waals surface area contributed by atoms with Crippen molar-refractivity contribution in [3.05, 3.63) is 0 Å². The summed E-state index contributed by atoms with van der Waals surface area (Å²) < 4.78 is 0. The molecule has 0 aliphatic heterocycles. The minimum Gasteiger partial charge on any atom is -0.357 e. The van der Waals surface area contributed by atoms with Crippen LogP contribution in [-0.4, -0.2) is 38.5 Å². The zero-order valence-corrected chi connectivity index (χ0v) is 9.89. The van der Waals surface area contributed by atoms with Gasteiger partial charge in [0.05, 0.1) is 0 Å². The molecule has 1 atom stereocenters. The van der Waals surface area contributed by atoms with Crippen molar-refractivity contribution >= 4 is 11.8 Å². The van der Waals surface area contributed by atoms with E-state index >= 15 is 0 Å². The van der Waals surface area contributed by atoms with Gasteiger partial charge in [-0.2, -0.15) is 0 Å². The maximum Gasteiger partial charge on any atom is 0.242 e. The number of likely N-dealkylation sites (N-methyl/N-ethyl adjacent to an activating group) is 1. The van der Waals surface area contributed by atoms with Gasteiger partial charge in [-0.05, 0) is 13.0 Å². The molecule has 0 radical (unpaired) electrons. The van der Waals surface area contributed by atoms with Crippen LogP contribution in [0.15, 0.2) is 0 Å². The average molecular weight is 215 g/mol. The van der Waals surface area contributed by atoms with Crippen molar-refractivity contribution in [2.45, 2.75) is 26.3 Å². The van der Waals surface area contributed by atoms with Crippen LogP contribution in [0.1, 0.15) is 20.3 Å². The summed E-state index contributed by atoms with van der Waals surface area (Å²) in [6.45, 7) is 4.42. The van der Waals surface area contributed by atoms with Crippen LogP contribution in [0, 0.1) is 5.92 Å². The highest BCUT2D eigenvalue weighted by molar-refractivity contribution is 5.87. The Labute approximate surface area is 91.0 Å². The fourth-order valence-corrected chi connectivity index (χ4v) is 1.17. The number of hydrogen-bond donors (Lipinski definition) is 3. The van der Waals surface area contributed by atoms with E-state index in [1.807, 2.05) is 13.8 Å². The Balaban J connectivity index is 4.17. The predicted molar refractivity (Wildman–Crippen MR) is 59.4 cm³/mol. The lowest BCUT2D eigenvalue weighted by atomic mass is 10.0. The Morgan fingerprint density at radius 2 is 1.80 bits per heavy atom. The molecule has 0 aromatic carbocycles. The summed E-state index contributed by atoms with van der Waals surface area (Å²) in [5, 5.41) is 8.13. The van der Waals surface area contributed by atoms with Crippen molar-refractivity contribution < 1.29 is 9.59 Å². The third-order valence-electron chi connectivity index (χ3n) is 2.11. The summed E-state index contributed by atoms with van der Waals surface area (Å²) in [4.78, 5) is 22.8. The van der Waals surface area contributed by atoms with Crippen LogP contribution in [0.4, 0.5) is 0 Å². The Morgan fingerprint density at radius 3 is 2.20 bits per heavy atom. The van der Waals surface area contributed by atoms with Gasteiger partial charge in [0.1, 0.15) is 6.04 Å². The first-order chi connectivity index (χ1) is 7.02. The predicted octanol–water partition coefficient (Wildman–Crippen LogP) is -0.517. The molecule has 0 aliphatic carbocycles. The van der Waals surface area contributed by atoms with Gasteiger partial charge in [0.15, 0.2) is 0 Å². The van der Waals surface area contributed by atoms with Crippen molar-refractivity contribution in [2.75, 3.05) is 20.6 Å². The molecule has 0 aliphatic rings. The van der Waals surface area contributed by atoms with E-state index in [1.165, 1.54) is 0 Å². The minimum atomic E-state index is -0.445. The first-order valence-electron chi connectivity index (χ1n) is 5.18. The van der Waals surface area contributed by atoms with Crippen LogP contribution in [0.25, 0.3) is 0 Å². The summed E-state index contributed by atoms with van der Waals surface area (Å²) in [7, 11) is 3.35. The number of amides is 2. The number of rotatable bonds is 6. The fourth-order valence-electron chi connectivity index (χ4n) is 1.17. The minimum absolute atomic E-state index is 0.0866. The maximum absolute atomic E-state index is 11.4. The largest absolute Gasteiger partial charge is 0.357 e. The lowest BCUT2D eigenvalue weighted by Gasteiger charge is -2.20. The SMILES string of the molecule is CNCCC(=O)NC(C(=O)NC)C(C)C. The summed E-state index contributed by atoms with van der Waals surface area (Å²) >= 11 is 0. The van der Waals surface area contributed by atoms with E-state index in [9.17, 15) is 9.59 Å². The zero-order chi connectivity index (χ0) is 11.8. The molecule has 88 valence electrons. The summed E-state index contributed by atoms with van der Waals surface area (Å²) in [5.41, 5.74) is 0. The smallest absolute Gasteiger partial charge is 0.242 e. The molecule has 3 N–H and O–H groups in total. The highest BCUT2D eigenvalue weighted by Gasteiger charge is 2.22. The van der Waals surface area contributed by atoms with Gasteiger partial charge in [0.2, 0.25) is 11.8 Å². The molecule has 5 heteroatoms. The normalized spacial score (nSPS) is 12.3. The number of carbonyl (C=O) groups excluding carboxylic acids is 2. The number of nitrogens with one attached hydrogen (secondary N) is 3. The molecule has 0 fully saturated rings. The molecule has 0 heterocycles. The number of hydrogen-bond acceptors (Lipinski definition) is 3. The van der Waals surface area contributed by atoms with E-state index in [0.717, 1.165) is 0 Å². The van der Waals surface area contributed by atoms with Crippen molar-refractivity contribution in [2.24, 2.45) is 5.92 Å². The van der Waals surface area contributed by atoms with Crippen molar-refractivity contribution in [1.82, 2.24) is 16.0 Å². The molecular weight excluding hydrogens is 194 g/mol. The van der Waals surface area contributed by atoms with Gasteiger partial charge in [-0.3, -0.25) is 9.59 Å². The third kappa shape index (κ3) is 5.37. The average Bonchev–Trinajstić information content (AvgIpc) is 2.21. The van der Waals surface area contributed by atoms with Gasteiger partial charge < -0.3 is 16.0 Å². The zero-order valence-electron chi connectivity index (χ0n) is 9.89. The van der Waals surface area contributed by atoms with Crippen molar-refractivity contribution in [3.63, 3.8) is 0 Å². The van der Waals surface area contributed by atoms with Crippen LogP contribution >= 0.6 is 0 Å². The molecule has 0 aromatic rings. The first kappa shape index (κ1) is 13.9.